The lowest BCUT2D eigenvalue weighted by molar-refractivity contribution is -0.145. The molecule has 2 amide bonds. The van der Waals surface area contributed by atoms with Crippen LogP contribution < -0.4 is 10.6 Å². The van der Waals surface area contributed by atoms with Gasteiger partial charge in [0.15, 0.2) is 0 Å². The van der Waals surface area contributed by atoms with Crippen LogP contribution >= 0.6 is 0 Å². The Bertz CT molecular complexity index is 1210. The molecule has 2 aromatic carbocycles. The summed E-state index contributed by atoms with van der Waals surface area (Å²) in [4.78, 5) is 42.0. The molecular weight excluding hydrogens is 513 g/mol. The van der Waals surface area contributed by atoms with Crippen LogP contribution in [0, 0.1) is 17.1 Å². The zero-order valence-corrected chi connectivity index (χ0v) is 22.8. The Hall–Kier alpha value is -3.81. The molecule has 1 saturated heterocycles. The number of benzene rings is 2. The first-order chi connectivity index (χ1) is 19.4. The van der Waals surface area contributed by atoms with E-state index in [1.165, 1.54) is 12.1 Å². The summed E-state index contributed by atoms with van der Waals surface area (Å²) in [6, 6.07) is 14.6. The van der Waals surface area contributed by atoms with Gasteiger partial charge in [0.2, 0.25) is 5.91 Å². The van der Waals surface area contributed by atoms with Gasteiger partial charge in [-0.3, -0.25) is 19.3 Å². The highest BCUT2D eigenvalue weighted by Crippen LogP contribution is 2.40. The third kappa shape index (κ3) is 8.10. The Labute approximate surface area is 234 Å². The van der Waals surface area contributed by atoms with Gasteiger partial charge in [-0.25, -0.2) is 4.39 Å². The van der Waals surface area contributed by atoms with E-state index in [-0.39, 0.29) is 30.1 Å². The van der Waals surface area contributed by atoms with Crippen LogP contribution in [-0.2, 0) is 14.3 Å². The fourth-order valence-corrected chi connectivity index (χ4v) is 5.02. The average Bonchev–Trinajstić information content (AvgIpc) is 3.74. The summed E-state index contributed by atoms with van der Waals surface area (Å²) < 4.78 is 18.2. The molecule has 2 fully saturated rings. The van der Waals surface area contributed by atoms with Crippen LogP contribution in [0.15, 0.2) is 48.5 Å². The molecule has 0 spiro atoms. The first-order valence-corrected chi connectivity index (χ1v) is 13.8. The van der Waals surface area contributed by atoms with Crippen molar-refractivity contribution in [3.63, 3.8) is 0 Å². The van der Waals surface area contributed by atoms with Crippen LogP contribution in [0.5, 0.6) is 0 Å². The van der Waals surface area contributed by atoms with E-state index in [9.17, 15) is 18.8 Å². The first-order valence-electron chi connectivity index (χ1n) is 13.8. The van der Waals surface area contributed by atoms with Crippen molar-refractivity contribution in [2.24, 2.45) is 0 Å². The molecule has 9 nitrogen and oxygen atoms in total. The number of carbonyl (C=O) groups excluding carboxylic acids is 3. The van der Waals surface area contributed by atoms with Crippen molar-refractivity contribution in [1.29, 1.82) is 5.26 Å². The van der Waals surface area contributed by atoms with Crippen molar-refractivity contribution < 1.29 is 23.5 Å². The van der Waals surface area contributed by atoms with E-state index < -0.39 is 6.04 Å². The Balaban J connectivity index is 1.31. The lowest BCUT2D eigenvalue weighted by Crippen LogP contribution is -2.55. The second-order valence-corrected chi connectivity index (χ2v) is 10.2. The third-order valence-corrected chi connectivity index (χ3v) is 7.39. The SMILES string of the molecule is CCOC(=O)CN1CCN(C(=O)[C@H](CCCN[C@@H]2C[C@H]2c2ccc(F)cc2)NC(=O)c2ccc(C#N)cc2)CC1. The van der Waals surface area contributed by atoms with Gasteiger partial charge < -0.3 is 20.3 Å². The topological polar surface area (TPSA) is 115 Å². The van der Waals surface area contributed by atoms with Gasteiger partial charge in [0.25, 0.3) is 5.91 Å². The van der Waals surface area contributed by atoms with E-state index in [1.807, 2.05) is 23.1 Å². The molecule has 1 aliphatic heterocycles. The fourth-order valence-electron chi connectivity index (χ4n) is 5.02. The lowest BCUT2D eigenvalue weighted by Gasteiger charge is -2.36. The van der Waals surface area contributed by atoms with Gasteiger partial charge in [0.05, 0.1) is 24.8 Å². The average molecular weight is 550 g/mol. The lowest BCUT2D eigenvalue weighted by atomic mass is 10.1. The number of nitrogens with one attached hydrogen (secondary N) is 2. The van der Waals surface area contributed by atoms with Gasteiger partial charge in [-0.1, -0.05) is 12.1 Å². The summed E-state index contributed by atoms with van der Waals surface area (Å²) in [5.41, 5.74) is 1.95. The molecule has 0 unspecified atom stereocenters. The summed E-state index contributed by atoms with van der Waals surface area (Å²) >= 11 is 0. The number of amides is 2. The Morgan fingerprint density at radius 2 is 1.77 bits per heavy atom. The van der Waals surface area contributed by atoms with Crippen molar-refractivity contribution in [1.82, 2.24) is 20.4 Å². The minimum atomic E-state index is -0.700. The molecule has 212 valence electrons. The van der Waals surface area contributed by atoms with E-state index >= 15 is 0 Å². The van der Waals surface area contributed by atoms with Crippen LogP contribution in [0.1, 0.15) is 53.6 Å². The molecular formula is C30H36FN5O4. The van der Waals surface area contributed by atoms with Crippen molar-refractivity contribution in [2.75, 3.05) is 45.9 Å². The van der Waals surface area contributed by atoms with Gasteiger partial charge in [0, 0.05) is 43.7 Å². The first kappa shape index (κ1) is 29.2. The zero-order chi connectivity index (χ0) is 28.5. The van der Waals surface area contributed by atoms with Gasteiger partial charge in [0.1, 0.15) is 11.9 Å². The molecule has 1 heterocycles. The highest BCUT2D eigenvalue weighted by molar-refractivity contribution is 5.97. The maximum absolute atomic E-state index is 13.5. The second-order valence-electron chi connectivity index (χ2n) is 10.2. The summed E-state index contributed by atoms with van der Waals surface area (Å²) in [6.07, 6.45) is 2.13. The minimum absolute atomic E-state index is 0.145. The third-order valence-electron chi connectivity index (χ3n) is 7.39. The van der Waals surface area contributed by atoms with E-state index in [2.05, 4.69) is 10.6 Å². The molecule has 2 N–H and O–H groups in total. The molecule has 0 aromatic heterocycles. The number of hydrogen-bond acceptors (Lipinski definition) is 7. The molecule has 2 aromatic rings. The summed E-state index contributed by atoms with van der Waals surface area (Å²) in [7, 11) is 0. The molecule has 1 saturated carbocycles. The number of halogens is 1. The fraction of sp³-hybridized carbons (Fsp3) is 0.467. The van der Waals surface area contributed by atoms with Crippen LogP contribution in [0.2, 0.25) is 0 Å². The minimum Gasteiger partial charge on any atom is -0.465 e. The number of ether oxygens (including phenoxy) is 1. The predicted molar refractivity (Wildman–Crippen MR) is 147 cm³/mol. The standard InChI is InChI=1S/C30H36FN5O4/c1-2-40-28(37)20-35-14-16-36(17-15-35)30(39)26(34-29(38)23-7-5-21(19-32)6-8-23)4-3-13-33-27-18-25(27)22-9-11-24(31)12-10-22/h5-12,25-27,33H,2-4,13-18,20H2,1H3,(H,34,38)/t25-,26-,27+/m0/s1. The second kappa shape index (κ2) is 14.0. The molecule has 3 atom stereocenters. The van der Waals surface area contributed by atoms with Gasteiger partial charge in [-0.05, 0) is 74.7 Å². The quantitative estimate of drug-likeness (QED) is 0.309. The molecule has 40 heavy (non-hydrogen) atoms. The number of esters is 1. The van der Waals surface area contributed by atoms with Crippen LogP contribution in [0.25, 0.3) is 0 Å². The van der Waals surface area contributed by atoms with E-state index in [4.69, 9.17) is 10.00 Å². The van der Waals surface area contributed by atoms with Crippen molar-refractivity contribution in [2.45, 2.75) is 44.2 Å². The molecule has 0 bridgehead atoms. The summed E-state index contributed by atoms with van der Waals surface area (Å²) in [6.45, 7) is 5.00. The molecule has 1 aliphatic carbocycles. The van der Waals surface area contributed by atoms with Gasteiger partial charge in [-0.2, -0.15) is 5.26 Å². The summed E-state index contributed by atoms with van der Waals surface area (Å²) in [5.74, 6) is -0.670. The van der Waals surface area contributed by atoms with Gasteiger partial charge in [-0.15, -0.1) is 0 Å². The van der Waals surface area contributed by atoms with Crippen LogP contribution in [0.3, 0.4) is 0 Å². The molecule has 4 rings (SSSR count). The number of rotatable bonds is 12. The Kier molecular flexibility index (Phi) is 10.2. The maximum atomic E-state index is 13.5. The normalized spacial score (nSPS) is 19.4. The monoisotopic (exact) mass is 549 g/mol. The molecule has 0 radical (unpaired) electrons. The molecule has 10 heteroatoms. The molecule has 2 aliphatic rings. The van der Waals surface area contributed by atoms with Crippen LogP contribution in [-0.4, -0.2) is 85.5 Å². The van der Waals surface area contributed by atoms with E-state index in [1.54, 1.807) is 36.1 Å². The smallest absolute Gasteiger partial charge is 0.320 e. The number of nitrogens with zero attached hydrogens (tertiary/aromatic N) is 3. The van der Waals surface area contributed by atoms with E-state index in [0.29, 0.717) is 75.3 Å². The maximum Gasteiger partial charge on any atom is 0.320 e. The largest absolute Gasteiger partial charge is 0.465 e. The number of hydrogen-bond donors (Lipinski definition) is 2. The van der Waals surface area contributed by atoms with Crippen LogP contribution in [0.4, 0.5) is 4.39 Å². The number of carbonyl (C=O) groups is 3. The number of nitriles is 1. The predicted octanol–water partition coefficient (Wildman–Crippen LogP) is 2.43. The highest BCUT2D eigenvalue weighted by atomic mass is 19.1. The summed E-state index contributed by atoms with van der Waals surface area (Å²) in [5, 5.41) is 15.4. The van der Waals surface area contributed by atoms with Crippen molar-refractivity contribution >= 4 is 17.8 Å². The van der Waals surface area contributed by atoms with Gasteiger partial charge >= 0.3 is 5.97 Å². The Morgan fingerprint density at radius 3 is 2.42 bits per heavy atom. The van der Waals surface area contributed by atoms with Crippen molar-refractivity contribution in [3.05, 3.63) is 71.0 Å². The van der Waals surface area contributed by atoms with Crippen molar-refractivity contribution in [3.8, 4) is 6.07 Å². The number of piperazine rings is 1. The zero-order valence-electron chi connectivity index (χ0n) is 22.8. The van der Waals surface area contributed by atoms with E-state index in [0.717, 1.165) is 12.0 Å². The highest BCUT2D eigenvalue weighted by Gasteiger charge is 2.37. The Morgan fingerprint density at radius 1 is 1.07 bits per heavy atom.